The van der Waals surface area contributed by atoms with Gasteiger partial charge in [0.15, 0.2) is 11.4 Å². The fourth-order valence-electron chi connectivity index (χ4n) is 2.10. The Morgan fingerprint density at radius 2 is 1.83 bits per heavy atom. The Morgan fingerprint density at radius 1 is 1.13 bits per heavy atom. The molecule has 0 fully saturated rings. The van der Waals surface area contributed by atoms with Gasteiger partial charge in [-0.25, -0.2) is 9.07 Å². The Hall–Kier alpha value is -3.15. The lowest BCUT2D eigenvalue weighted by molar-refractivity contribution is 0.101. The highest BCUT2D eigenvalue weighted by Crippen LogP contribution is 2.21. The number of para-hydroxylation sites is 1. The second-order valence-electron chi connectivity index (χ2n) is 4.79. The molecule has 0 saturated carbocycles. The van der Waals surface area contributed by atoms with E-state index in [1.165, 1.54) is 23.9 Å². The molecule has 1 N–H and O–H groups in total. The van der Waals surface area contributed by atoms with Gasteiger partial charge in [0.25, 0.3) is 5.91 Å². The van der Waals surface area contributed by atoms with Crippen molar-refractivity contribution < 1.29 is 13.9 Å². The van der Waals surface area contributed by atoms with Crippen LogP contribution in [0.3, 0.4) is 0 Å². The summed E-state index contributed by atoms with van der Waals surface area (Å²) in [5.41, 5.74) is 1.44. The molecule has 0 saturated heterocycles. The first-order chi connectivity index (χ1) is 11.2. The van der Waals surface area contributed by atoms with E-state index < -0.39 is 0 Å². The maximum atomic E-state index is 13.0. The van der Waals surface area contributed by atoms with Gasteiger partial charge in [0.05, 0.1) is 19.0 Å². The Bertz CT molecular complexity index is 814. The van der Waals surface area contributed by atoms with E-state index in [4.69, 9.17) is 4.74 Å². The zero-order valence-corrected chi connectivity index (χ0v) is 12.4. The van der Waals surface area contributed by atoms with Crippen molar-refractivity contribution in [1.29, 1.82) is 0 Å². The van der Waals surface area contributed by atoms with E-state index in [0.29, 0.717) is 17.1 Å². The van der Waals surface area contributed by atoms with Crippen molar-refractivity contribution in [3.63, 3.8) is 0 Å². The third kappa shape index (κ3) is 3.21. The van der Waals surface area contributed by atoms with Gasteiger partial charge in [0.2, 0.25) is 0 Å². The van der Waals surface area contributed by atoms with Crippen LogP contribution in [0, 0.1) is 5.82 Å². The molecule has 3 rings (SSSR count). The number of hydrogen-bond donors (Lipinski definition) is 1. The average molecular weight is 311 g/mol. The van der Waals surface area contributed by atoms with Crippen LogP contribution in [-0.4, -0.2) is 22.8 Å². The third-order valence-corrected chi connectivity index (χ3v) is 3.24. The largest absolute Gasteiger partial charge is 0.493 e. The number of ether oxygens (including phenoxy) is 1. The van der Waals surface area contributed by atoms with Crippen LogP contribution < -0.4 is 10.1 Å². The molecule has 0 unspecified atom stereocenters. The van der Waals surface area contributed by atoms with Gasteiger partial charge in [-0.1, -0.05) is 18.2 Å². The van der Waals surface area contributed by atoms with E-state index in [9.17, 15) is 9.18 Å². The SMILES string of the molecule is COc1cn(-c2ccc(F)cc2)nc1C(=O)Nc1ccccc1. The predicted molar refractivity (Wildman–Crippen MR) is 84.5 cm³/mol. The molecule has 0 spiro atoms. The summed E-state index contributed by atoms with van der Waals surface area (Å²) >= 11 is 0. The number of carbonyl (C=O) groups is 1. The average Bonchev–Trinajstić information content (AvgIpc) is 3.01. The molecule has 0 aliphatic heterocycles. The topological polar surface area (TPSA) is 56.2 Å². The van der Waals surface area contributed by atoms with Crippen LogP contribution in [0.2, 0.25) is 0 Å². The molecule has 6 heteroatoms. The van der Waals surface area contributed by atoms with Gasteiger partial charge in [-0.3, -0.25) is 4.79 Å². The van der Waals surface area contributed by atoms with E-state index in [0.717, 1.165) is 0 Å². The maximum absolute atomic E-state index is 13.0. The lowest BCUT2D eigenvalue weighted by Crippen LogP contribution is -2.14. The Labute approximate surface area is 132 Å². The van der Waals surface area contributed by atoms with Crippen LogP contribution in [0.15, 0.2) is 60.8 Å². The fraction of sp³-hybridized carbons (Fsp3) is 0.0588. The number of hydrogen-bond acceptors (Lipinski definition) is 3. The summed E-state index contributed by atoms with van der Waals surface area (Å²) in [6, 6.07) is 14.9. The molecule has 1 heterocycles. The second-order valence-corrected chi connectivity index (χ2v) is 4.79. The van der Waals surface area contributed by atoms with Gasteiger partial charge in [-0.15, -0.1) is 0 Å². The minimum absolute atomic E-state index is 0.153. The van der Waals surface area contributed by atoms with Crippen LogP contribution in [0.5, 0.6) is 5.75 Å². The number of anilines is 1. The number of benzene rings is 2. The van der Waals surface area contributed by atoms with Crippen molar-refractivity contribution in [2.24, 2.45) is 0 Å². The Morgan fingerprint density at radius 3 is 2.48 bits per heavy atom. The van der Waals surface area contributed by atoms with Gasteiger partial charge in [-0.05, 0) is 36.4 Å². The number of nitrogens with one attached hydrogen (secondary N) is 1. The smallest absolute Gasteiger partial charge is 0.280 e. The molecule has 1 amide bonds. The van der Waals surface area contributed by atoms with Crippen molar-refractivity contribution in [2.75, 3.05) is 12.4 Å². The van der Waals surface area contributed by atoms with Gasteiger partial charge in [0, 0.05) is 5.69 Å². The molecule has 0 bridgehead atoms. The number of aromatic nitrogens is 2. The first-order valence-corrected chi connectivity index (χ1v) is 6.93. The van der Waals surface area contributed by atoms with Gasteiger partial charge in [0.1, 0.15) is 5.82 Å². The van der Waals surface area contributed by atoms with Crippen LogP contribution in [0.25, 0.3) is 5.69 Å². The van der Waals surface area contributed by atoms with Crippen molar-refractivity contribution in [2.45, 2.75) is 0 Å². The lowest BCUT2D eigenvalue weighted by atomic mass is 10.3. The first-order valence-electron chi connectivity index (χ1n) is 6.93. The molecule has 0 aliphatic carbocycles. The van der Waals surface area contributed by atoms with Crippen molar-refractivity contribution >= 4 is 11.6 Å². The van der Waals surface area contributed by atoms with Crippen LogP contribution in [0.4, 0.5) is 10.1 Å². The van der Waals surface area contributed by atoms with Crippen LogP contribution in [0.1, 0.15) is 10.5 Å². The molecular formula is C17H14FN3O2. The number of nitrogens with zero attached hydrogens (tertiary/aromatic N) is 2. The zero-order chi connectivity index (χ0) is 16.2. The standard InChI is InChI=1S/C17H14FN3O2/c1-23-15-11-21(14-9-7-12(18)8-10-14)20-16(15)17(22)19-13-5-3-2-4-6-13/h2-11H,1H3,(H,19,22). The summed E-state index contributed by atoms with van der Waals surface area (Å²) < 4.78 is 19.7. The number of carbonyl (C=O) groups excluding carboxylic acids is 1. The summed E-state index contributed by atoms with van der Waals surface area (Å²) in [4.78, 5) is 12.4. The van der Waals surface area contributed by atoms with E-state index in [2.05, 4.69) is 10.4 Å². The predicted octanol–water partition coefficient (Wildman–Crippen LogP) is 3.27. The van der Waals surface area contributed by atoms with Gasteiger partial charge >= 0.3 is 0 Å². The summed E-state index contributed by atoms with van der Waals surface area (Å²) in [6.45, 7) is 0. The monoisotopic (exact) mass is 311 g/mol. The zero-order valence-electron chi connectivity index (χ0n) is 12.4. The van der Waals surface area contributed by atoms with Crippen LogP contribution >= 0.6 is 0 Å². The molecule has 0 aliphatic rings. The van der Waals surface area contributed by atoms with E-state index in [1.54, 1.807) is 30.5 Å². The Kier molecular flexibility index (Phi) is 4.05. The lowest BCUT2D eigenvalue weighted by Gasteiger charge is -2.04. The van der Waals surface area contributed by atoms with Crippen molar-refractivity contribution in [1.82, 2.24) is 9.78 Å². The first kappa shape index (κ1) is 14.8. The molecule has 23 heavy (non-hydrogen) atoms. The molecule has 2 aromatic carbocycles. The molecule has 3 aromatic rings. The highest BCUT2D eigenvalue weighted by atomic mass is 19.1. The highest BCUT2D eigenvalue weighted by molar-refractivity contribution is 6.04. The summed E-state index contributed by atoms with van der Waals surface area (Å²) in [6.07, 6.45) is 1.58. The van der Waals surface area contributed by atoms with E-state index in [-0.39, 0.29) is 17.4 Å². The number of methoxy groups -OCH3 is 1. The summed E-state index contributed by atoms with van der Waals surface area (Å²) in [7, 11) is 1.46. The molecule has 0 radical (unpaired) electrons. The normalized spacial score (nSPS) is 10.3. The van der Waals surface area contributed by atoms with E-state index in [1.807, 2.05) is 18.2 Å². The summed E-state index contributed by atoms with van der Waals surface area (Å²) in [5.74, 6) is -0.383. The van der Waals surface area contributed by atoms with Crippen molar-refractivity contribution in [3.05, 3.63) is 72.3 Å². The van der Waals surface area contributed by atoms with Gasteiger partial charge < -0.3 is 10.1 Å². The third-order valence-electron chi connectivity index (χ3n) is 3.24. The molecule has 116 valence electrons. The molecule has 5 nitrogen and oxygen atoms in total. The second kappa shape index (κ2) is 6.31. The van der Waals surface area contributed by atoms with E-state index >= 15 is 0 Å². The summed E-state index contributed by atoms with van der Waals surface area (Å²) in [5, 5.41) is 6.99. The molecule has 1 aromatic heterocycles. The molecular weight excluding hydrogens is 297 g/mol. The maximum Gasteiger partial charge on any atom is 0.280 e. The van der Waals surface area contributed by atoms with Crippen LogP contribution in [-0.2, 0) is 0 Å². The van der Waals surface area contributed by atoms with Crippen molar-refractivity contribution in [3.8, 4) is 11.4 Å². The highest BCUT2D eigenvalue weighted by Gasteiger charge is 2.18. The number of halogens is 1. The van der Waals surface area contributed by atoms with Gasteiger partial charge in [-0.2, -0.15) is 5.10 Å². The Balaban J connectivity index is 1.90. The minimum Gasteiger partial charge on any atom is -0.493 e. The number of rotatable bonds is 4. The fourth-order valence-corrected chi connectivity index (χ4v) is 2.10. The molecule has 0 atom stereocenters. The minimum atomic E-state index is -0.381. The number of amides is 1. The quantitative estimate of drug-likeness (QED) is 0.804.